The fraction of sp³-hybridized carbons (Fsp3) is 0.500. The molecule has 0 atom stereocenters. The summed E-state index contributed by atoms with van der Waals surface area (Å²) in [7, 11) is 0. The number of hydrogen-bond acceptors (Lipinski definition) is 2. The van der Waals surface area contributed by atoms with E-state index >= 15 is 0 Å². The lowest BCUT2D eigenvalue weighted by molar-refractivity contribution is -0.117. The first-order valence-electron chi connectivity index (χ1n) is 6.43. The monoisotopic (exact) mass is 230 g/mol. The number of fused-ring (bicyclic) bond motifs is 1. The zero-order valence-corrected chi connectivity index (χ0v) is 9.98. The number of benzene rings is 1. The summed E-state index contributed by atoms with van der Waals surface area (Å²) >= 11 is 0. The van der Waals surface area contributed by atoms with Gasteiger partial charge in [0.1, 0.15) is 0 Å². The molecule has 0 radical (unpaired) electrons. The summed E-state index contributed by atoms with van der Waals surface area (Å²) in [6.45, 7) is 2.31. The maximum Gasteiger partial charge on any atom is 0.240 e. The van der Waals surface area contributed by atoms with Gasteiger partial charge < -0.3 is 10.2 Å². The number of carbonyl (C=O) groups excluding carboxylic acids is 1. The number of hydrogen-bond donors (Lipinski definition) is 1. The van der Waals surface area contributed by atoms with Crippen LogP contribution in [0.25, 0.3) is 0 Å². The van der Waals surface area contributed by atoms with Crippen LogP contribution in [0.1, 0.15) is 18.4 Å². The zero-order chi connectivity index (χ0) is 11.7. The molecule has 1 amide bonds. The van der Waals surface area contributed by atoms with Gasteiger partial charge in [0.25, 0.3) is 0 Å². The Kier molecular flexibility index (Phi) is 2.85. The van der Waals surface area contributed by atoms with E-state index in [1.54, 1.807) is 0 Å². The van der Waals surface area contributed by atoms with E-state index in [1.807, 2.05) is 23.1 Å². The average molecular weight is 230 g/mol. The van der Waals surface area contributed by atoms with E-state index in [2.05, 4.69) is 11.4 Å². The summed E-state index contributed by atoms with van der Waals surface area (Å²) in [4.78, 5) is 14.0. The second kappa shape index (κ2) is 4.49. The Balaban J connectivity index is 1.58. The second-order valence-electron chi connectivity index (χ2n) is 5.00. The van der Waals surface area contributed by atoms with Crippen molar-refractivity contribution in [2.24, 2.45) is 5.92 Å². The molecule has 0 saturated heterocycles. The standard InChI is InChI=1S/C14H18N2O/c17-14(10-15-9-11-5-6-11)16-8-7-12-3-1-2-4-13(12)16/h1-4,11,15H,5-10H2. The summed E-state index contributed by atoms with van der Waals surface area (Å²) in [5.41, 5.74) is 2.40. The van der Waals surface area contributed by atoms with Gasteiger partial charge in [-0.3, -0.25) is 4.79 Å². The topological polar surface area (TPSA) is 32.3 Å². The van der Waals surface area contributed by atoms with Crippen molar-refractivity contribution in [2.75, 3.05) is 24.5 Å². The Morgan fingerprint density at radius 1 is 1.35 bits per heavy atom. The third kappa shape index (κ3) is 2.34. The molecule has 1 aromatic rings. The van der Waals surface area contributed by atoms with E-state index in [0.717, 1.165) is 31.1 Å². The molecule has 1 N–H and O–H groups in total. The van der Waals surface area contributed by atoms with Crippen LogP contribution in [0.5, 0.6) is 0 Å². The van der Waals surface area contributed by atoms with Gasteiger partial charge in [0.2, 0.25) is 5.91 Å². The van der Waals surface area contributed by atoms with Crippen LogP contribution in [0.4, 0.5) is 5.69 Å². The largest absolute Gasteiger partial charge is 0.311 e. The lowest BCUT2D eigenvalue weighted by atomic mass is 10.2. The Hall–Kier alpha value is -1.35. The Bertz CT molecular complexity index is 426. The number of para-hydroxylation sites is 1. The van der Waals surface area contributed by atoms with Crippen molar-refractivity contribution in [3.05, 3.63) is 29.8 Å². The van der Waals surface area contributed by atoms with E-state index in [4.69, 9.17) is 0 Å². The first-order chi connectivity index (χ1) is 8.34. The molecule has 3 nitrogen and oxygen atoms in total. The number of amides is 1. The first-order valence-corrected chi connectivity index (χ1v) is 6.43. The molecule has 1 aromatic carbocycles. The van der Waals surface area contributed by atoms with E-state index in [-0.39, 0.29) is 5.91 Å². The van der Waals surface area contributed by atoms with E-state index in [9.17, 15) is 4.79 Å². The predicted octanol–water partition coefficient (Wildman–Crippen LogP) is 1.58. The Morgan fingerprint density at radius 3 is 3.00 bits per heavy atom. The normalized spacial score (nSPS) is 18.2. The fourth-order valence-electron chi connectivity index (χ4n) is 2.40. The zero-order valence-electron chi connectivity index (χ0n) is 9.98. The maximum atomic E-state index is 12.1. The van der Waals surface area contributed by atoms with Gasteiger partial charge in [0, 0.05) is 12.2 Å². The highest BCUT2D eigenvalue weighted by molar-refractivity contribution is 5.96. The van der Waals surface area contributed by atoms with Crippen molar-refractivity contribution >= 4 is 11.6 Å². The van der Waals surface area contributed by atoms with Crippen LogP contribution < -0.4 is 10.2 Å². The molecular weight excluding hydrogens is 212 g/mol. The molecule has 3 heteroatoms. The number of carbonyl (C=O) groups is 1. The number of rotatable bonds is 4. The molecule has 3 rings (SSSR count). The van der Waals surface area contributed by atoms with Gasteiger partial charge in [-0.1, -0.05) is 18.2 Å². The molecule has 0 spiro atoms. The lowest BCUT2D eigenvalue weighted by Gasteiger charge is -2.17. The van der Waals surface area contributed by atoms with Crippen LogP contribution in [0.2, 0.25) is 0 Å². The summed E-state index contributed by atoms with van der Waals surface area (Å²) in [6, 6.07) is 8.20. The average Bonchev–Trinajstić information content (AvgIpc) is 3.07. The third-order valence-electron chi connectivity index (χ3n) is 3.59. The Labute approximate surface area is 102 Å². The van der Waals surface area contributed by atoms with Crippen LogP contribution in [-0.2, 0) is 11.2 Å². The van der Waals surface area contributed by atoms with E-state index in [0.29, 0.717) is 6.54 Å². The van der Waals surface area contributed by atoms with Gasteiger partial charge in [-0.25, -0.2) is 0 Å². The molecule has 0 unspecified atom stereocenters. The van der Waals surface area contributed by atoms with Crippen molar-refractivity contribution in [1.29, 1.82) is 0 Å². The molecule has 1 fully saturated rings. The van der Waals surface area contributed by atoms with Crippen molar-refractivity contribution in [2.45, 2.75) is 19.3 Å². The smallest absolute Gasteiger partial charge is 0.240 e. The molecule has 1 heterocycles. The van der Waals surface area contributed by atoms with Crippen molar-refractivity contribution < 1.29 is 4.79 Å². The van der Waals surface area contributed by atoms with Crippen LogP contribution in [0, 0.1) is 5.92 Å². The fourth-order valence-corrected chi connectivity index (χ4v) is 2.40. The predicted molar refractivity (Wildman–Crippen MR) is 68.1 cm³/mol. The highest BCUT2D eigenvalue weighted by Crippen LogP contribution is 2.28. The molecular formula is C14H18N2O. The molecule has 0 bridgehead atoms. The number of nitrogens with one attached hydrogen (secondary N) is 1. The summed E-state index contributed by atoms with van der Waals surface area (Å²) in [5.74, 6) is 1.03. The summed E-state index contributed by atoms with van der Waals surface area (Å²) in [6.07, 6.45) is 3.64. The van der Waals surface area contributed by atoms with Gasteiger partial charge >= 0.3 is 0 Å². The van der Waals surface area contributed by atoms with E-state index < -0.39 is 0 Å². The van der Waals surface area contributed by atoms with Crippen molar-refractivity contribution in [3.63, 3.8) is 0 Å². The highest BCUT2D eigenvalue weighted by Gasteiger charge is 2.25. The Morgan fingerprint density at radius 2 is 2.18 bits per heavy atom. The van der Waals surface area contributed by atoms with Gasteiger partial charge in [-0.2, -0.15) is 0 Å². The molecule has 1 aliphatic carbocycles. The van der Waals surface area contributed by atoms with Crippen molar-refractivity contribution in [3.8, 4) is 0 Å². The summed E-state index contributed by atoms with van der Waals surface area (Å²) in [5, 5.41) is 3.26. The number of anilines is 1. The van der Waals surface area contributed by atoms with Crippen molar-refractivity contribution in [1.82, 2.24) is 5.32 Å². The van der Waals surface area contributed by atoms with Gasteiger partial charge in [-0.15, -0.1) is 0 Å². The molecule has 90 valence electrons. The highest BCUT2D eigenvalue weighted by atomic mass is 16.2. The molecule has 17 heavy (non-hydrogen) atoms. The first kappa shape index (κ1) is 10.8. The molecule has 1 saturated carbocycles. The van der Waals surface area contributed by atoms with Crippen LogP contribution in [0.3, 0.4) is 0 Å². The van der Waals surface area contributed by atoms with Crippen LogP contribution >= 0.6 is 0 Å². The second-order valence-corrected chi connectivity index (χ2v) is 5.00. The lowest BCUT2D eigenvalue weighted by Crippen LogP contribution is -2.37. The van der Waals surface area contributed by atoms with Crippen LogP contribution in [0.15, 0.2) is 24.3 Å². The molecule has 1 aliphatic heterocycles. The SMILES string of the molecule is O=C(CNCC1CC1)N1CCc2ccccc21. The van der Waals surface area contributed by atoms with E-state index in [1.165, 1.54) is 18.4 Å². The quantitative estimate of drug-likeness (QED) is 0.851. The minimum Gasteiger partial charge on any atom is -0.311 e. The minimum atomic E-state index is 0.204. The number of nitrogens with zero attached hydrogens (tertiary/aromatic N) is 1. The van der Waals surface area contributed by atoms with Crippen LogP contribution in [-0.4, -0.2) is 25.5 Å². The minimum absolute atomic E-state index is 0.204. The summed E-state index contributed by atoms with van der Waals surface area (Å²) < 4.78 is 0. The van der Waals surface area contributed by atoms with Gasteiger partial charge in [0.15, 0.2) is 0 Å². The maximum absolute atomic E-state index is 12.1. The molecule has 2 aliphatic rings. The molecule has 0 aromatic heterocycles. The van der Waals surface area contributed by atoms with Gasteiger partial charge in [-0.05, 0) is 43.4 Å². The third-order valence-corrected chi connectivity index (χ3v) is 3.59. The van der Waals surface area contributed by atoms with Gasteiger partial charge in [0.05, 0.1) is 6.54 Å².